The number of carbonyl (C=O) groups excluding carboxylic acids is 1. The summed E-state index contributed by atoms with van der Waals surface area (Å²) < 4.78 is 5.04. The van der Waals surface area contributed by atoms with Gasteiger partial charge in [-0.2, -0.15) is 0 Å². The zero-order valence-electron chi connectivity index (χ0n) is 11.4. The number of carbonyl (C=O) groups is 1. The summed E-state index contributed by atoms with van der Waals surface area (Å²) in [7, 11) is 1.58. The number of benzene rings is 1. The van der Waals surface area contributed by atoms with Gasteiger partial charge in [-0.05, 0) is 35.9 Å². The summed E-state index contributed by atoms with van der Waals surface area (Å²) in [5, 5.41) is 9.71. The van der Waals surface area contributed by atoms with Crippen molar-refractivity contribution >= 4 is 11.9 Å². The van der Waals surface area contributed by atoms with Crippen LogP contribution in [-0.4, -0.2) is 18.0 Å². The van der Waals surface area contributed by atoms with Crippen LogP contribution in [0.2, 0.25) is 0 Å². The van der Waals surface area contributed by atoms with Gasteiger partial charge < -0.3 is 9.84 Å². The van der Waals surface area contributed by atoms with E-state index < -0.39 is 17.0 Å². The van der Waals surface area contributed by atoms with Crippen LogP contribution >= 0.6 is 0 Å². The third-order valence-corrected chi connectivity index (χ3v) is 2.92. The number of rotatable bonds is 4. The fraction of sp³-hybridized carbons (Fsp3) is 0.0588. The minimum atomic E-state index is -0.582. The SMILES string of the molecule is COc1ccc(C=CC(=O)c2ccccc(=O)c2O)cc1. The van der Waals surface area contributed by atoms with Gasteiger partial charge in [-0.15, -0.1) is 0 Å². The lowest BCUT2D eigenvalue weighted by Crippen LogP contribution is -2.01. The molecule has 0 aliphatic heterocycles. The summed E-state index contributed by atoms with van der Waals surface area (Å²) >= 11 is 0. The molecule has 2 aromatic carbocycles. The zero-order valence-corrected chi connectivity index (χ0v) is 11.4. The molecule has 4 nitrogen and oxygen atoms in total. The van der Waals surface area contributed by atoms with Crippen molar-refractivity contribution in [3.05, 3.63) is 76.0 Å². The molecule has 0 aliphatic rings. The highest BCUT2D eigenvalue weighted by Gasteiger charge is 2.09. The standard InChI is InChI=1S/C17H14O4/c1-21-13-9-6-12(7-10-13)8-11-15(18)14-4-2-3-5-16(19)17(14)20/h2-11H,1H3,(H,19,20). The van der Waals surface area contributed by atoms with Crippen molar-refractivity contribution in [1.29, 1.82) is 0 Å². The zero-order chi connectivity index (χ0) is 15.2. The highest BCUT2D eigenvalue weighted by Crippen LogP contribution is 2.14. The Morgan fingerprint density at radius 2 is 1.76 bits per heavy atom. The number of aromatic hydroxyl groups is 1. The first-order valence-electron chi connectivity index (χ1n) is 6.30. The Morgan fingerprint density at radius 3 is 2.43 bits per heavy atom. The molecule has 0 saturated heterocycles. The smallest absolute Gasteiger partial charge is 0.220 e. The van der Waals surface area contributed by atoms with Crippen LogP contribution in [0.25, 0.3) is 6.08 Å². The van der Waals surface area contributed by atoms with Gasteiger partial charge in [0.2, 0.25) is 5.43 Å². The van der Waals surface area contributed by atoms with Gasteiger partial charge in [0, 0.05) is 0 Å². The van der Waals surface area contributed by atoms with E-state index >= 15 is 0 Å². The molecule has 0 radical (unpaired) electrons. The van der Waals surface area contributed by atoms with E-state index in [9.17, 15) is 14.7 Å². The predicted octanol–water partition coefficient (Wildman–Crippen LogP) is 2.66. The summed E-state index contributed by atoms with van der Waals surface area (Å²) in [5.74, 6) is -0.247. The second-order valence-corrected chi connectivity index (χ2v) is 4.32. The number of ketones is 1. The van der Waals surface area contributed by atoms with Crippen molar-refractivity contribution in [3.8, 4) is 11.5 Å². The van der Waals surface area contributed by atoms with Gasteiger partial charge in [0.15, 0.2) is 11.5 Å². The van der Waals surface area contributed by atoms with Gasteiger partial charge >= 0.3 is 0 Å². The second-order valence-electron chi connectivity index (χ2n) is 4.32. The molecule has 0 bridgehead atoms. The minimum Gasteiger partial charge on any atom is -0.504 e. The van der Waals surface area contributed by atoms with Crippen molar-refractivity contribution < 1.29 is 14.6 Å². The van der Waals surface area contributed by atoms with Crippen LogP contribution in [0.15, 0.2) is 59.4 Å². The Bertz CT molecular complexity index is 730. The summed E-state index contributed by atoms with van der Waals surface area (Å²) in [4.78, 5) is 23.5. The van der Waals surface area contributed by atoms with Crippen LogP contribution in [0.5, 0.6) is 11.5 Å². The maximum absolute atomic E-state index is 12.0. The normalized spacial score (nSPS) is 10.5. The van der Waals surface area contributed by atoms with E-state index in [2.05, 4.69) is 0 Å². The van der Waals surface area contributed by atoms with Gasteiger partial charge in [-0.3, -0.25) is 9.59 Å². The molecule has 0 spiro atoms. The molecule has 1 N–H and O–H groups in total. The number of allylic oxidation sites excluding steroid dienone is 1. The first kappa shape index (κ1) is 14.5. The molecule has 0 aromatic heterocycles. The lowest BCUT2D eigenvalue weighted by Gasteiger charge is -1.99. The van der Waals surface area contributed by atoms with E-state index in [1.165, 1.54) is 30.3 Å². The lowest BCUT2D eigenvalue weighted by atomic mass is 10.1. The fourth-order valence-corrected chi connectivity index (χ4v) is 1.76. The highest BCUT2D eigenvalue weighted by molar-refractivity contribution is 6.08. The molecule has 0 fully saturated rings. The molecule has 0 unspecified atom stereocenters. The van der Waals surface area contributed by atoms with Gasteiger partial charge in [-0.25, -0.2) is 0 Å². The van der Waals surface area contributed by atoms with Crippen LogP contribution in [0.4, 0.5) is 0 Å². The second kappa shape index (κ2) is 6.52. The number of ether oxygens (including phenoxy) is 1. The molecule has 2 rings (SSSR count). The Balaban J connectivity index is 2.25. The van der Waals surface area contributed by atoms with Gasteiger partial charge in [0.25, 0.3) is 0 Å². The average Bonchev–Trinajstić information content (AvgIpc) is 2.68. The van der Waals surface area contributed by atoms with Gasteiger partial charge in [0.1, 0.15) is 5.75 Å². The van der Waals surface area contributed by atoms with Crippen molar-refractivity contribution in [2.45, 2.75) is 0 Å². The van der Waals surface area contributed by atoms with Gasteiger partial charge in [0.05, 0.1) is 12.7 Å². The maximum Gasteiger partial charge on any atom is 0.220 e. The van der Waals surface area contributed by atoms with E-state index in [1.807, 2.05) is 0 Å². The fourth-order valence-electron chi connectivity index (χ4n) is 1.76. The van der Waals surface area contributed by atoms with Crippen LogP contribution < -0.4 is 10.2 Å². The molecule has 0 atom stereocenters. The molecule has 4 heteroatoms. The van der Waals surface area contributed by atoms with Crippen molar-refractivity contribution in [1.82, 2.24) is 0 Å². The van der Waals surface area contributed by atoms with Crippen molar-refractivity contribution in [3.63, 3.8) is 0 Å². The van der Waals surface area contributed by atoms with Crippen LogP contribution in [0.1, 0.15) is 15.9 Å². The van der Waals surface area contributed by atoms with E-state index in [1.54, 1.807) is 37.5 Å². The summed E-state index contributed by atoms with van der Waals surface area (Å²) in [6, 6.07) is 12.8. The average molecular weight is 282 g/mol. The molecule has 106 valence electrons. The molecule has 0 heterocycles. The lowest BCUT2D eigenvalue weighted by molar-refractivity contribution is 0.104. The molecule has 2 aromatic rings. The van der Waals surface area contributed by atoms with Crippen molar-refractivity contribution in [2.24, 2.45) is 0 Å². The van der Waals surface area contributed by atoms with Crippen molar-refractivity contribution in [2.75, 3.05) is 7.11 Å². The largest absolute Gasteiger partial charge is 0.504 e. The number of hydrogen-bond donors (Lipinski definition) is 1. The molecular formula is C17H14O4. The Hall–Kier alpha value is -2.88. The van der Waals surface area contributed by atoms with Gasteiger partial charge in [-0.1, -0.05) is 30.3 Å². The molecule has 21 heavy (non-hydrogen) atoms. The van der Waals surface area contributed by atoms with E-state index in [0.717, 1.165) is 11.3 Å². The predicted molar refractivity (Wildman–Crippen MR) is 80.7 cm³/mol. The monoisotopic (exact) mass is 282 g/mol. The Labute approximate surface area is 121 Å². The third kappa shape index (κ3) is 3.57. The topological polar surface area (TPSA) is 63.6 Å². The van der Waals surface area contributed by atoms with E-state index in [0.29, 0.717) is 0 Å². The van der Waals surface area contributed by atoms with Crippen LogP contribution in [-0.2, 0) is 0 Å². The Morgan fingerprint density at radius 1 is 1.10 bits per heavy atom. The molecule has 0 amide bonds. The minimum absolute atomic E-state index is 0.0187. The highest BCUT2D eigenvalue weighted by atomic mass is 16.5. The van der Waals surface area contributed by atoms with Crippen LogP contribution in [0, 0.1) is 0 Å². The van der Waals surface area contributed by atoms with E-state index in [4.69, 9.17) is 4.74 Å². The maximum atomic E-state index is 12.0. The van der Waals surface area contributed by atoms with Crippen LogP contribution in [0.3, 0.4) is 0 Å². The van der Waals surface area contributed by atoms with E-state index in [-0.39, 0.29) is 5.56 Å². The first-order valence-corrected chi connectivity index (χ1v) is 6.30. The summed E-state index contributed by atoms with van der Waals surface area (Å²) in [6.45, 7) is 0. The summed E-state index contributed by atoms with van der Waals surface area (Å²) in [5.41, 5.74) is 0.210. The first-order chi connectivity index (χ1) is 10.1. The quantitative estimate of drug-likeness (QED) is 0.691. The number of methoxy groups -OCH3 is 1. The Kier molecular flexibility index (Phi) is 4.51. The third-order valence-electron chi connectivity index (χ3n) is 2.92. The molecule has 0 saturated carbocycles. The number of hydrogen-bond acceptors (Lipinski definition) is 4. The summed E-state index contributed by atoms with van der Waals surface area (Å²) in [6.07, 6.45) is 2.93. The molecular weight excluding hydrogens is 268 g/mol. The molecule has 0 aliphatic carbocycles.